The topological polar surface area (TPSA) is 23.5 Å². The van der Waals surface area contributed by atoms with E-state index in [1.54, 1.807) is 6.07 Å². The van der Waals surface area contributed by atoms with Crippen molar-refractivity contribution < 1.29 is 5.11 Å². The number of benzene rings is 2. The molecule has 0 spiro atoms. The Hall–Kier alpha value is -1.54. The molecular weight excluding hydrogens is 222 g/mol. The van der Waals surface area contributed by atoms with Crippen molar-refractivity contribution in [1.82, 2.24) is 4.90 Å². The van der Waals surface area contributed by atoms with Crippen molar-refractivity contribution >= 4 is 10.8 Å². The van der Waals surface area contributed by atoms with Crippen molar-refractivity contribution in [2.75, 3.05) is 20.1 Å². The summed E-state index contributed by atoms with van der Waals surface area (Å²) in [4.78, 5) is 2.39. The van der Waals surface area contributed by atoms with Crippen LogP contribution in [0.5, 0.6) is 5.75 Å². The lowest BCUT2D eigenvalue weighted by molar-refractivity contribution is 0.256. The maximum atomic E-state index is 9.69. The van der Waals surface area contributed by atoms with Gasteiger partial charge in [-0.1, -0.05) is 24.3 Å². The highest BCUT2D eigenvalue weighted by Gasteiger charge is 2.19. The predicted octanol–water partition coefficient (Wildman–Crippen LogP) is 3.35. The molecule has 1 aliphatic rings. The lowest BCUT2D eigenvalue weighted by Gasteiger charge is -2.29. The van der Waals surface area contributed by atoms with Gasteiger partial charge in [0.05, 0.1) is 0 Å². The van der Waals surface area contributed by atoms with Gasteiger partial charge in [-0.05, 0) is 67.4 Å². The van der Waals surface area contributed by atoms with Crippen LogP contribution >= 0.6 is 0 Å². The van der Waals surface area contributed by atoms with E-state index >= 15 is 0 Å². The molecule has 2 nitrogen and oxygen atoms in total. The second-order valence-corrected chi connectivity index (χ2v) is 5.33. The van der Waals surface area contributed by atoms with Gasteiger partial charge in [-0.25, -0.2) is 0 Å². The largest absolute Gasteiger partial charge is 0.508 e. The molecule has 1 N–H and O–H groups in total. The van der Waals surface area contributed by atoms with E-state index in [4.69, 9.17) is 0 Å². The molecule has 0 saturated carbocycles. The molecule has 0 aromatic heterocycles. The molecule has 0 unspecified atom stereocenters. The summed E-state index contributed by atoms with van der Waals surface area (Å²) in [5, 5.41) is 12.1. The molecule has 0 bridgehead atoms. The van der Waals surface area contributed by atoms with E-state index in [0.29, 0.717) is 11.7 Å². The van der Waals surface area contributed by atoms with Crippen LogP contribution in [0.1, 0.15) is 24.3 Å². The molecule has 1 saturated heterocycles. The maximum Gasteiger partial charge on any atom is 0.116 e. The third kappa shape index (κ3) is 2.08. The minimum absolute atomic E-state index is 0.364. The van der Waals surface area contributed by atoms with Gasteiger partial charge < -0.3 is 10.0 Å². The first-order valence-corrected chi connectivity index (χ1v) is 6.64. The third-order valence-electron chi connectivity index (χ3n) is 4.06. The molecule has 2 heteroatoms. The van der Waals surface area contributed by atoms with E-state index in [0.717, 1.165) is 0 Å². The number of rotatable bonds is 1. The van der Waals surface area contributed by atoms with Gasteiger partial charge in [-0.15, -0.1) is 0 Å². The number of hydrogen-bond donors (Lipinski definition) is 1. The molecule has 0 aliphatic carbocycles. The van der Waals surface area contributed by atoms with E-state index in [1.807, 2.05) is 12.1 Å². The van der Waals surface area contributed by atoms with E-state index < -0.39 is 0 Å². The van der Waals surface area contributed by atoms with Gasteiger partial charge in [-0.3, -0.25) is 0 Å². The lowest BCUT2D eigenvalue weighted by Crippen LogP contribution is -2.29. The second kappa shape index (κ2) is 4.62. The van der Waals surface area contributed by atoms with Crippen molar-refractivity contribution in [3.05, 3.63) is 42.0 Å². The molecule has 3 rings (SSSR count). The first-order valence-electron chi connectivity index (χ1n) is 6.64. The van der Waals surface area contributed by atoms with Gasteiger partial charge in [0.25, 0.3) is 0 Å². The van der Waals surface area contributed by atoms with Crippen molar-refractivity contribution in [3.63, 3.8) is 0 Å². The van der Waals surface area contributed by atoms with Crippen molar-refractivity contribution in [1.29, 1.82) is 0 Å². The Labute approximate surface area is 108 Å². The lowest BCUT2D eigenvalue weighted by atomic mass is 9.86. The van der Waals surface area contributed by atoms with Gasteiger partial charge in [0.1, 0.15) is 5.75 Å². The van der Waals surface area contributed by atoms with Crippen LogP contribution in [0.25, 0.3) is 10.8 Å². The molecule has 1 fully saturated rings. The number of hydrogen-bond acceptors (Lipinski definition) is 2. The quantitative estimate of drug-likeness (QED) is 0.827. The first kappa shape index (κ1) is 11.5. The number of phenolic OH excluding ortho intramolecular Hbond substituents is 1. The fourth-order valence-electron chi connectivity index (χ4n) is 2.96. The van der Waals surface area contributed by atoms with Crippen LogP contribution in [0.15, 0.2) is 36.4 Å². The standard InChI is InChI=1S/C16H19NO/c1-17-9-7-13(8-10-17)15-4-2-3-12-5-6-14(18)11-16(12)15/h2-6,11,13,18H,7-10H2,1H3. The smallest absolute Gasteiger partial charge is 0.116 e. The van der Waals surface area contributed by atoms with Gasteiger partial charge in [0, 0.05) is 0 Å². The second-order valence-electron chi connectivity index (χ2n) is 5.33. The van der Waals surface area contributed by atoms with Gasteiger partial charge in [-0.2, -0.15) is 0 Å². The van der Waals surface area contributed by atoms with E-state index in [1.165, 1.54) is 42.3 Å². The number of phenols is 1. The molecule has 94 valence electrons. The molecule has 18 heavy (non-hydrogen) atoms. The van der Waals surface area contributed by atoms with E-state index in [2.05, 4.69) is 30.1 Å². The van der Waals surface area contributed by atoms with Crippen LogP contribution in [0.2, 0.25) is 0 Å². The summed E-state index contributed by atoms with van der Waals surface area (Å²) in [6, 6.07) is 12.1. The Bertz CT molecular complexity index is 556. The summed E-state index contributed by atoms with van der Waals surface area (Å²) < 4.78 is 0. The zero-order valence-electron chi connectivity index (χ0n) is 10.8. The summed E-state index contributed by atoms with van der Waals surface area (Å²) in [6.07, 6.45) is 2.43. The average Bonchev–Trinajstić information content (AvgIpc) is 2.39. The minimum Gasteiger partial charge on any atom is -0.508 e. The van der Waals surface area contributed by atoms with Crippen LogP contribution < -0.4 is 0 Å². The van der Waals surface area contributed by atoms with Crippen LogP contribution in [0.4, 0.5) is 0 Å². The Balaban J connectivity index is 2.03. The van der Waals surface area contributed by atoms with Gasteiger partial charge in [0.2, 0.25) is 0 Å². The fourth-order valence-corrected chi connectivity index (χ4v) is 2.96. The monoisotopic (exact) mass is 241 g/mol. The molecule has 1 aliphatic heterocycles. The molecule has 1 heterocycles. The first-order chi connectivity index (χ1) is 8.74. The Morgan fingerprint density at radius 1 is 1.11 bits per heavy atom. The highest BCUT2D eigenvalue weighted by Crippen LogP contribution is 2.34. The highest BCUT2D eigenvalue weighted by molar-refractivity contribution is 5.87. The summed E-state index contributed by atoms with van der Waals surface area (Å²) in [7, 11) is 2.19. The number of likely N-dealkylation sites (tertiary alicyclic amines) is 1. The number of nitrogens with zero attached hydrogens (tertiary/aromatic N) is 1. The number of fused-ring (bicyclic) bond motifs is 1. The van der Waals surface area contributed by atoms with E-state index in [-0.39, 0.29) is 0 Å². The molecule has 2 aromatic rings. The predicted molar refractivity (Wildman–Crippen MR) is 75.1 cm³/mol. The fraction of sp³-hybridized carbons (Fsp3) is 0.375. The molecule has 0 amide bonds. The Morgan fingerprint density at radius 3 is 2.67 bits per heavy atom. The number of aromatic hydroxyl groups is 1. The molecule has 0 atom stereocenters. The molecular formula is C16H19NO. The van der Waals surface area contributed by atoms with Gasteiger partial charge >= 0.3 is 0 Å². The van der Waals surface area contributed by atoms with Gasteiger partial charge in [0.15, 0.2) is 0 Å². The SMILES string of the molecule is CN1CCC(c2cccc3ccc(O)cc23)CC1. The summed E-state index contributed by atoms with van der Waals surface area (Å²) in [5.41, 5.74) is 1.40. The summed E-state index contributed by atoms with van der Waals surface area (Å²) in [5.74, 6) is 0.995. The third-order valence-corrected chi connectivity index (χ3v) is 4.06. The molecule has 2 aromatic carbocycles. The number of piperidine rings is 1. The summed E-state index contributed by atoms with van der Waals surface area (Å²) in [6.45, 7) is 2.33. The highest BCUT2D eigenvalue weighted by atomic mass is 16.3. The zero-order valence-corrected chi connectivity index (χ0v) is 10.8. The van der Waals surface area contributed by atoms with Crippen molar-refractivity contribution in [2.24, 2.45) is 0 Å². The van der Waals surface area contributed by atoms with Crippen LogP contribution in [-0.4, -0.2) is 30.1 Å². The summed E-state index contributed by atoms with van der Waals surface area (Å²) >= 11 is 0. The molecule has 0 radical (unpaired) electrons. The van der Waals surface area contributed by atoms with Crippen LogP contribution in [0, 0.1) is 0 Å². The van der Waals surface area contributed by atoms with E-state index in [9.17, 15) is 5.11 Å². The maximum absolute atomic E-state index is 9.69. The Kier molecular flexibility index (Phi) is 2.96. The normalized spacial score (nSPS) is 18.3. The zero-order chi connectivity index (χ0) is 12.5. The van der Waals surface area contributed by atoms with Crippen molar-refractivity contribution in [3.8, 4) is 5.75 Å². The minimum atomic E-state index is 0.364. The average molecular weight is 241 g/mol. The van der Waals surface area contributed by atoms with Crippen LogP contribution in [0.3, 0.4) is 0 Å². The van der Waals surface area contributed by atoms with Crippen molar-refractivity contribution in [2.45, 2.75) is 18.8 Å². The Morgan fingerprint density at radius 2 is 1.89 bits per heavy atom. The van der Waals surface area contributed by atoms with Crippen LogP contribution in [-0.2, 0) is 0 Å².